The average Bonchev–Trinajstić information content (AvgIpc) is 2.38. The summed E-state index contributed by atoms with van der Waals surface area (Å²) < 4.78 is 5.35. The second-order valence-electron chi connectivity index (χ2n) is 4.17. The lowest BCUT2D eigenvalue weighted by Gasteiger charge is -2.24. The van der Waals surface area contributed by atoms with Gasteiger partial charge in [0.05, 0.1) is 6.61 Å². The maximum absolute atomic E-state index is 5.35. The zero-order valence-corrected chi connectivity index (χ0v) is 11.9. The molecule has 6 nitrogen and oxygen atoms in total. The van der Waals surface area contributed by atoms with Crippen molar-refractivity contribution in [1.82, 2.24) is 15.0 Å². The zero-order valence-electron chi connectivity index (χ0n) is 11.9. The zero-order chi connectivity index (χ0) is 13.5. The van der Waals surface area contributed by atoms with Crippen molar-refractivity contribution in [1.29, 1.82) is 0 Å². The van der Waals surface area contributed by atoms with Crippen LogP contribution < -0.4 is 15.0 Å². The van der Waals surface area contributed by atoms with E-state index < -0.39 is 0 Å². The first-order valence-corrected chi connectivity index (χ1v) is 6.41. The Morgan fingerprint density at radius 2 is 2.00 bits per heavy atom. The van der Waals surface area contributed by atoms with E-state index in [2.05, 4.69) is 39.0 Å². The fourth-order valence-electron chi connectivity index (χ4n) is 1.62. The van der Waals surface area contributed by atoms with Crippen LogP contribution in [0, 0.1) is 0 Å². The van der Waals surface area contributed by atoms with Crippen LogP contribution in [0.5, 0.6) is 6.01 Å². The summed E-state index contributed by atoms with van der Waals surface area (Å²) in [6, 6.07) is 0.749. The van der Waals surface area contributed by atoms with Gasteiger partial charge in [-0.25, -0.2) is 0 Å². The molecule has 0 amide bonds. The molecule has 102 valence electrons. The van der Waals surface area contributed by atoms with Gasteiger partial charge in [0.1, 0.15) is 0 Å². The van der Waals surface area contributed by atoms with Gasteiger partial charge < -0.3 is 15.0 Å². The Morgan fingerprint density at radius 3 is 2.56 bits per heavy atom. The van der Waals surface area contributed by atoms with Crippen LogP contribution in [0.1, 0.15) is 33.6 Å². The molecule has 1 aromatic heterocycles. The lowest BCUT2D eigenvalue weighted by molar-refractivity contribution is 0.312. The largest absolute Gasteiger partial charge is 0.464 e. The average molecular weight is 253 g/mol. The van der Waals surface area contributed by atoms with E-state index in [9.17, 15) is 0 Å². The van der Waals surface area contributed by atoms with Crippen molar-refractivity contribution >= 4 is 11.9 Å². The summed E-state index contributed by atoms with van der Waals surface area (Å²) >= 11 is 0. The first-order valence-electron chi connectivity index (χ1n) is 6.41. The summed E-state index contributed by atoms with van der Waals surface area (Å²) in [5.41, 5.74) is 0. The van der Waals surface area contributed by atoms with Crippen molar-refractivity contribution in [3.63, 3.8) is 0 Å². The van der Waals surface area contributed by atoms with Crippen LogP contribution in [-0.4, -0.2) is 41.7 Å². The molecule has 0 saturated carbocycles. The van der Waals surface area contributed by atoms with Gasteiger partial charge in [0.15, 0.2) is 0 Å². The van der Waals surface area contributed by atoms with E-state index in [0.29, 0.717) is 30.6 Å². The van der Waals surface area contributed by atoms with Gasteiger partial charge in [0.2, 0.25) is 11.9 Å². The summed E-state index contributed by atoms with van der Waals surface area (Å²) in [4.78, 5) is 14.9. The molecule has 1 rings (SSSR count). The minimum atomic E-state index is 0.363. The predicted octanol–water partition coefficient (Wildman–Crippen LogP) is 1.94. The monoisotopic (exact) mass is 253 g/mol. The molecule has 1 aromatic rings. The number of rotatable bonds is 7. The normalized spacial score (nSPS) is 12.1. The van der Waals surface area contributed by atoms with Crippen molar-refractivity contribution in [2.24, 2.45) is 0 Å². The second-order valence-corrected chi connectivity index (χ2v) is 4.17. The molecule has 1 heterocycles. The lowest BCUT2D eigenvalue weighted by Crippen LogP contribution is -2.30. The fourth-order valence-corrected chi connectivity index (χ4v) is 1.62. The SMILES string of the molecule is CCCC(C)N(C)c1nc(NC)nc(OCC)n1. The Kier molecular flexibility index (Phi) is 5.61. The fraction of sp³-hybridized carbons (Fsp3) is 0.750. The number of ether oxygens (including phenoxy) is 1. The van der Waals surface area contributed by atoms with Gasteiger partial charge in [0, 0.05) is 20.1 Å². The molecule has 0 radical (unpaired) electrons. The van der Waals surface area contributed by atoms with Gasteiger partial charge in [-0.3, -0.25) is 0 Å². The van der Waals surface area contributed by atoms with Crippen molar-refractivity contribution in [2.75, 3.05) is 30.9 Å². The van der Waals surface area contributed by atoms with E-state index in [-0.39, 0.29) is 0 Å². The molecule has 0 aliphatic carbocycles. The van der Waals surface area contributed by atoms with E-state index in [1.807, 2.05) is 14.0 Å². The summed E-state index contributed by atoms with van der Waals surface area (Å²) in [5.74, 6) is 1.16. The minimum Gasteiger partial charge on any atom is -0.464 e. The molecule has 1 N–H and O–H groups in total. The highest BCUT2D eigenvalue weighted by atomic mass is 16.5. The molecule has 0 spiro atoms. The van der Waals surface area contributed by atoms with E-state index in [1.165, 1.54) is 0 Å². The molecular formula is C12H23N5O. The number of anilines is 2. The molecule has 0 bridgehead atoms. The van der Waals surface area contributed by atoms with Gasteiger partial charge in [-0.15, -0.1) is 0 Å². The molecule has 0 aliphatic heterocycles. The topological polar surface area (TPSA) is 63.2 Å². The number of hydrogen-bond donors (Lipinski definition) is 1. The number of hydrogen-bond acceptors (Lipinski definition) is 6. The van der Waals surface area contributed by atoms with Gasteiger partial charge in [-0.05, 0) is 20.3 Å². The van der Waals surface area contributed by atoms with Crippen LogP contribution in [0.3, 0.4) is 0 Å². The smallest absolute Gasteiger partial charge is 0.323 e. The van der Waals surface area contributed by atoms with Crippen molar-refractivity contribution in [3.8, 4) is 6.01 Å². The molecule has 0 aliphatic rings. The van der Waals surface area contributed by atoms with Gasteiger partial charge >= 0.3 is 6.01 Å². The Bertz CT molecular complexity index is 371. The first-order chi connectivity index (χ1) is 8.62. The number of nitrogens with one attached hydrogen (secondary N) is 1. The van der Waals surface area contributed by atoms with Crippen LogP contribution in [0.15, 0.2) is 0 Å². The third-order valence-electron chi connectivity index (χ3n) is 2.78. The van der Waals surface area contributed by atoms with Crippen LogP contribution >= 0.6 is 0 Å². The van der Waals surface area contributed by atoms with Crippen LogP contribution in [0.25, 0.3) is 0 Å². The Balaban J connectivity index is 2.95. The molecule has 0 saturated heterocycles. The standard InChI is InChI=1S/C12H23N5O/c1-6-8-9(3)17(5)11-14-10(13-4)15-12(16-11)18-7-2/h9H,6-8H2,1-5H3,(H,13,14,15,16). The summed E-state index contributed by atoms with van der Waals surface area (Å²) in [6.45, 7) is 6.78. The van der Waals surface area contributed by atoms with Crippen molar-refractivity contribution in [3.05, 3.63) is 0 Å². The number of nitrogens with zero attached hydrogens (tertiary/aromatic N) is 4. The Hall–Kier alpha value is -1.59. The summed E-state index contributed by atoms with van der Waals surface area (Å²) in [6.07, 6.45) is 2.23. The van der Waals surface area contributed by atoms with E-state index in [1.54, 1.807) is 7.05 Å². The van der Waals surface area contributed by atoms with Gasteiger partial charge in [0.25, 0.3) is 0 Å². The third kappa shape index (κ3) is 3.72. The highest BCUT2D eigenvalue weighted by Crippen LogP contribution is 2.17. The van der Waals surface area contributed by atoms with E-state index in [0.717, 1.165) is 12.8 Å². The molecule has 1 atom stereocenters. The molecule has 0 fully saturated rings. The summed E-state index contributed by atoms with van der Waals surface area (Å²) in [7, 11) is 3.77. The molecule has 0 aromatic carbocycles. The summed E-state index contributed by atoms with van der Waals surface area (Å²) in [5, 5.41) is 2.92. The lowest BCUT2D eigenvalue weighted by atomic mass is 10.2. The van der Waals surface area contributed by atoms with E-state index >= 15 is 0 Å². The number of aromatic nitrogens is 3. The highest BCUT2D eigenvalue weighted by molar-refractivity contribution is 5.38. The maximum Gasteiger partial charge on any atom is 0.323 e. The third-order valence-corrected chi connectivity index (χ3v) is 2.78. The minimum absolute atomic E-state index is 0.363. The molecular weight excluding hydrogens is 230 g/mol. The second kappa shape index (κ2) is 6.98. The first kappa shape index (κ1) is 14.5. The molecule has 6 heteroatoms. The predicted molar refractivity (Wildman–Crippen MR) is 73.3 cm³/mol. The molecule has 1 unspecified atom stereocenters. The van der Waals surface area contributed by atoms with Crippen LogP contribution in [-0.2, 0) is 0 Å². The van der Waals surface area contributed by atoms with Crippen molar-refractivity contribution < 1.29 is 4.74 Å². The quantitative estimate of drug-likeness (QED) is 0.801. The van der Waals surface area contributed by atoms with E-state index in [4.69, 9.17) is 4.74 Å². The Morgan fingerprint density at radius 1 is 1.28 bits per heavy atom. The molecule has 18 heavy (non-hydrogen) atoms. The highest BCUT2D eigenvalue weighted by Gasteiger charge is 2.15. The Labute approximate surface area is 109 Å². The van der Waals surface area contributed by atoms with Crippen LogP contribution in [0.2, 0.25) is 0 Å². The van der Waals surface area contributed by atoms with Gasteiger partial charge in [-0.2, -0.15) is 15.0 Å². The van der Waals surface area contributed by atoms with Crippen LogP contribution in [0.4, 0.5) is 11.9 Å². The van der Waals surface area contributed by atoms with Gasteiger partial charge in [-0.1, -0.05) is 13.3 Å². The van der Waals surface area contributed by atoms with Crippen molar-refractivity contribution in [2.45, 2.75) is 39.7 Å². The maximum atomic E-state index is 5.35.